The SMILES string of the molecule is CCOc1ccc(NC(=O)N2CCN(C(=O)c3cnc4ccccc4n3)C(C(=O)NCc3ccccc3)C2)cc1. The first kappa shape index (κ1) is 26.6. The molecule has 4 aromatic rings. The van der Waals surface area contributed by atoms with Crippen LogP contribution in [0.4, 0.5) is 10.5 Å². The molecule has 0 aliphatic carbocycles. The van der Waals surface area contributed by atoms with Crippen molar-refractivity contribution in [1.82, 2.24) is 25.1 Å². The van der Waals surface area contributed by atoms with E-state index in [-0.39, 0.29) is 37.3 Å². The van der Waals surface area contributed by atoms with Crippen LogP contribution >= 0.6 is 0 Å². The summed E-state index contributed by atoms with van der Waals surface area (Å²) in [6.45, 7) is 3.18. The average Bonchev–Trinajstić information content (AvgIpc) is 3.00. The Morgan fingerprint density at radius 1 is 0.925 bits per heavy atom. The molecule has 1 atom stereocenters. The van der Waals surface area contributed by atoms with Gasteiger partial charge in [-0.25, -0.2) is 9.78 Å². The van der Waals surface area contributed by atoms with Crippen LogP contribution in [0.25, 0.3) is 11.0 Å². The van der Waals surface area contributed by atoms with E-state index in [0.29, 0.717) is 35.6 Å². The number of piperazine rings is 1. The zero-order chi connectivity index (χ0) is 27.9. The topological polar surface area (TPSA) is 117 Å². The fraction of sp³-hybridized carbons (Fsp3) is 0.233. The molecule has 1 fully saturated rings. The Labute approximate surface area is 232 Å². The van der Waals surface area contributed by atoms with Gasteiger partial charge in [0.25, 0.3) is 5.91 Å². The second-order valence-electron chi connectivity index (χ2n) is 9.30. The van der Waals surface area contributed by atoms with Gasteiger partial charge in [0.05, 0.1) is 30.4 Å². The van der Waals surface area contributed by atoms with Gasteiger partial charge in [-0.3, -0.25) is 14.6 Å². The Kier molecular flexibility index (Phi) is 8.15. The third-order valence-corrected chi connectivity index (χ3v) is 6.62. The molecular weight excluding hydrogens is 508 g/mol. The summed E-state index contributed by atoms with van der Waals surface area (Å²) in [7, 11) is 0. The van der Waals surface area contributed by atoms with E-state index in [9.17, 15) is 14.4 Å². The molecular formula is C30H30N6O4. The van der Waals surface area contributed by atoms with E-state index in [2.05, 4.69) is 20.6 Å². The number of rotatable bonds is 7. The number of aromatic nitrogens is 2. The molecule has 40 heavy (non-hydrogen) atoms. The number of benzene rings is 3. The quantitative estimate of drug-likeness (QED) is 0.371. The largest absolute Gasteiger partial charge is 0.494 e. The maximum absolute atomic E-state index is 13.6. The number of urea groups is 1. The van der Waals surface area contributed by atoms with Crippen molar-refractivity contribution >= 4 is 34.6 Å². The highest BCUT2D eigenvalue weighted by molar-refractivity contribution is 5.98. The fourth-order valence-corrected chi connectivity index (χ4v) is 4.55. The Bertz CT molecular complexity index is 1500. The summed E-state index contributed by atoms with van der Waals surface area (Å²) < 4.78 is 5.46. The number of carbonyl (C=O) groups excluding carboxylic acids is 3. The summed E-state index contributed by atoms with van der Waals surface area (Å²) in [4.78, 5) is 52.0. The summed E-state index contributed by atoms with van der Waals surface area (Å²) in [6.07, 6.45) is 1.43. The average molecular weight is 539 g/mol. The summed E-state index contributed by atoms with van der Waals surface area (Å²) in [6, 6.07) is 22.6. The highest BCUT2D eigenvalue weighted by Crippen LogP contribution is 2.19. The predicted octanol–water partition coefficient (Wildman–Crippen LogP) is 3.70. The van der Waals surface area contributed by atoms with Gasteiger partial charge in [-0.1, -0.05) is 42.5 Å². The van der Waals surface area contributed by atoms with Crippen LogP contribution in [0.15, 0.2) is 85.1 Å². The highest BCUT2D eigenvalue weighted by Gasteiger charge is 2.38. The summed E-state index contributed by atoms with van der Waals surface area (Å²) >= 11 is 0. The number of hydrogen-bond donors (Lipinski definition) is 2. The van der Waals surface area contributed by atoms with Gasteiger partial charge in [0.2, 0.25) is 5.91 Å². The van der Waals surface area contributed by atoms with Crippen LogP contribution in [-0.2, 0) is 11.3 Å². The molecule has 3 aromatic carbocycles. The van der Waals surface area contributed by atoms with E-state index in [0.717, 1.165) is 5.56 Å². The summed E-state index contributed by atoms with van der Waals surface area (Å²) in [5, 5.41) is 5.79. The first-order valence-corrected chi connectivity index (χ1v) is 13.1. The summed E-state index contributed by atoms with van der Waals surface area (Å²) in [5.74, 6) is -0.0613. The zero-order valence-corrected chi connectivity index (χ0v) is 22.1. The molecule has 4 amide bonds. The first-order chi connectivity index (χ1) is 19.5. The van der Waals surface area contributed by atoms with Crippen LogP contribution in [0.1, 0.15) is 23.0 Å². The Hall–Kier alpha value is -4.99. The van der Waals surface area contributed by atoms with Crippen LogP contribution in [0.5, 0.6) is 5.75 Å². The number of para-hydroxylation sites is 2. The van der Waals surface area contributed by atoms with Crippen LogP contribution in [0.3, 0.4) is 0 Å². The van der Waals surface area contributed by atoms with Gasteiger partial charge in [0.15, 0.2) is 0 Å². The van der Waals surface area contributed by atoms with E-state index in [1.807, 2.05) is 55.5 Å². The molecule has 0 bridgehead atoms. The number of nitrogens with one attached hydrogen (secondary N) is 2. The van der Waals surface area contributed by atoms with E-state index < -0.39 is 11.9 Å². The van der Waals surface area contributed by atoms with Crippen LogP contribution in [0, 0.1) is 0 Å². The molecule has 1 aromatic heterocycles. The molecule has 10 heteroatoms. The molecule has 10 nitrogen and oxygen atoms in total. The van der Waals surface area contributed by atoms with Gasteiger partial charge >= 0.3 is 6.03 Å². The zero-order valence-electron chi connectivity index (χ0n) is 22.1. The number of hydrogen-bond acceptors (Lipinski definition) is 6. The Morgan fingerprint density at radius 3 is 2.40 bits per heavy atom. The first-order valence-electron chi connectivity index (χ1n) is 13.1. The number of nitrogens with zero attached hydrogens (tertiary/aromatic N) is 4. The van der Waals surface area contributed by atoms with Gasteiger partial charge in [0, 0.05) is 25.3 Å². The van der Waals surface area contributed by atoms with Gasteiger partial charge in [-0.15, -0.1) is 0 Å². The maximum Gasteiger partial charge on any atom is 0.321 e. The van der Waals surface area contributed by atoms with E-state index in [1.54, 1.807) is 35.2 Å². The minimum atomic E-state index is -0.913. The molecule has 5 rings (SSSR count). The van der Waals surface area contributed by atoms with Gasteiger partial charge < -0.3 is 25.2 Å². The molecule has 1 unspecified atom stereocenters. The number of amides is 4. The van der Waals surface area contributed by atoms with Crippen LogP contribution < -0.4 is 15.4 Å². The highest BCUT2D eigenvalue weighted by atomic mass is 16.5. The number of anilines is 1. The lowest BCUT2D eigenvalue weighted by molar-refractivity contribution is -0.127. The van der Waals surface area contributed by atoms with E-state index in [4.69, 9.17) is 4.74 Å². The third-order valence-electron chi connectivity index (χ3n) is 6.62. The van der Waals surface area contributed by atoms with Crippen molar-refractivity contribution in [2.45, 2.75) is 19.5 Å². The molecule has 1 aliphatic heterocycles. The lowest BCUT2D eigenvalue weighted by atomic mass is 10.1. The van der Waals surface area contributed by atoms with Crippen molar-refractivity contribution < 1.29 is 19.1 Å². The number of fused-ring (bicyclic) bond motifs is 1. The molecule has 0 radical (unpaired) electrons. The molecule has 2 heterocycles. The van der Waals surface area contributed by atoms with E-state index >= 15 is 0 Å². The summed E-state index contributed by atoms with van der Waals surface area (Å²) in [5.41, 5.74) is 2.93. The standard InChI is InChI=1S/C30H30N6O4/c1-2-40-23-14-12-22(13-15-23)33-30(39)35-16-17-36(27(20-35)28(37)32-18-21-8-4-3-5-9-21)29(38)26-19-31-24-10-6-7-11-25(24)34-26/h3-15,19,27H,2,16-18,20H2,1H3,(H,32,37)(H,33,39). The minimum absolute atomic E-state index is 0.0240. The Morgan fingerprint density at radius 2 is 1.65 bits per heavy atom. The van der Waals surface area contributed by atoms with Gasteiger partial charge in [-0.2, -0.15) is 0 Å². The van der Waals surface area contributed by atoms with Crippen molar-refractivity contribution in [2.24, 2.45) is 0 Å². The second-order valence-corrected chi connectivity index (χ2v) is 9.30. The maximum atomic E-state index is 13.6. The van der Waals surface area contributed by atoms with Crippen molar-refractivity contribution in [2.75, 3.05) is 31.6 Å². The van der Waals surface area contributed by atoms with Crippen molar-refractivity contribution in [3.8, 4) is 5.75 Å². The smallest absolute Gasteiger partial charge is 0.321 e. The predicted molar refractivity (Wildman–Crippen MR) is 151 cm³/mol. The monoisotopic (exact) mass is 538 g/mol. The molecule has 1 saturated heterocycles. The van der Waals surface area contributed by atoms with Gasteiger partial charge in [-0.05, 0) is 48.9 Å². The number of carbonyl (C=O) groups is 3. The van der Waals surface area contributed by atoms with Crippen molar-refractivity contribution in [3.63, 3.8) is 0 Å². The normalized spacial score (nSPS) is 15.0. The molecule has 204 valence electrons. The van der Waals surface area contributed by atoms with Gasteiger partial charge in [0.1, 0.15) is 17.5 Å². The third kappa shape index (κ3) is 6.17. The van der Waals surface area contributed by atoms with Crippen molar-refractivity contribution in [3.05, 3.63) is 96.3 Å². The molecule has 1 aliphatic rings. The fourth-order valence-electron chi connectivity index (χ4n) is 4.55. The van der Waals surface area contributed by atoms with Crippen LogP contribution in [0.2, 0.25) is 0 Å². The van der Waals surface area contributed by atoms with Crippen molar-refractivity contribution in [1.29, 1.82) is 0 Å². The lowest BCUT2D eigenvalue weighted by Crippen LogP contribution is -2.62. The minimum Gasteiger partial charge on any atom is -0.494 e. The second kappa shape index (κ2) is 12.2. The van der Waals surface area contributed by atoms with Crippen LogP contribution in [-0.4, -0.2) is 69.9 Å². The lowest BCUT2D eigenvalue weighted by Gasteiger charge is -2.40. The molecule has 0 saturated carbocycles. The molecule has 2 N–H and O–H groups in total. The Balaban J connectivity index is 1.33. The number of ether oxygens (including phenoxy) is 1. The molecule has 0 spiro atoms. The van der Waals surface area contributed by atoms with E-state index in [1.165, 1.54) is 11.1 Å².